The number of aliphatic imine (C=N–C) groups is 1. The Balaban J connectivity index is 1.28. The fraction of sp³-hybridized carbons (Fsp3) is 0.269. The van der Waals surface area contributed by atoms with Crippen LogP contribution < -0.4 is 5.32 Å². The van der Waals surface area contributed by atoms with Gasteiger partial charge in [0.15, 0.2) is 4.34 Å². The van der Waals surface area contributed by atoms with Crippen LogP contribution in [-0.4, -0.2) is 34.0 Å². The molecule has 1 saturated carbocycles. The van der Waals surface area contributed by atoms with E-state index in [-0.39, 0.29) is 11.7 Å². The highest BCUT2D eigenvalue weighted by molar-refractivity contribution is 8.01. The fourth-order valence-corrected chi connectivity index (χ4v) is 6.15. The maximum absolute atomic E-state index is 12.3. The molecule has 0 bridgehead atoms. The largest absolute Gasteiger partial charge is 0.507 e. The molecule has 0 atom stereocenters. The predicted molar refractivity (Wildman–Crippen MR) is 138 cm³/mol. The van der Waals surface area contributed by atoms with Crippen molar-refractivity contribution in [3.8, 4) is 5.75 Å². The van der Waals surface area contributed by atoms with E-state index in [4.69, 9.17) is 0 Å². The Morgan fingerprint density at radius 1 is 1.15 bits per heavy atom. The summed E-state index contributed by atoms with van der Waals surface area (Å²) in [6.07, 6.45) is 7.60. The molecule has 0 radical (unpaired) electrons. The van der Waals surface area contributed by atoms with Crippen molar-refractivity contribution in [3.63, 3.8) is 0 Å². The lowest BCUT2D eigenvalue weighted by Crippen LogP contribution is -2.37. The molecule has 7 heteroatoms. The molecular weight excluding hydrogens is 450 g/mol. The third kappa shape index (κ3) is 5.20. The molecule has 4 aromatic rings. The van der Waals surface area contributed by atoms with Crippen molar-refractivity contribution in [1.29, 1.82) is 0 Å². The van der Waals surface area contributed by atoms with Gasteiger partial charge in [-0.15, -0.1) is 11.3 Å². The van der Waals surface area contributed by atoms with Crippen LogP contribution in [0.1, 0.15) is 37.7 Å². The van der Waals surface area contributed by atoms with Gasteiger partial charge in [0.25, 0.3) is 0 Å². The van der Waals surface area contributed by atoms with Crippen LogP contribution in [0.2, 0.25) is 0 Å². The second-order valence-electron chi connectivity index (χ2n) is 8.30. The van der Waals surface area contributed by atoms with Crippen molar-refractivity contribution in [2.75, 3.05) is 5.75 Å². The molecule has 0 spiro atoms. The highest BCUT2D eigenvalue weighted by atomic mass is 32.2. The van der Waals surface area contributed by atoms with Gasteiger partial charge in [-0.3, -0.25) is 9.79 Å². The minimum atomic E-state index is 0.0892. The maximum atomic E-state index is 12.3. The summed E-state index contributed by atoms with van der Waals surface area (Å²) in [6.45, 7) is 0. The summed E-state index contributed by atoms with van der Waals surface area (Å²) in [4.78, 5) is 21.6. The number of thioether (sulfide) groups is 1. The summed E-state index contributed by atoms with van der Waals surface area (Å²) in [5.74, 6) is 0.689. The molecule has 3 aromatic carbocycles. The van der Waals surface area contributed by atoms with E-state index in [1.54, 1.807) is 23.6 Å². The van der Waals surface area contributed by atoms with Crippen LogP contribution >= 0.6 is 23.1 Å². The molecule has 1 aromatic heterocycles. The number of hydrogen-bond acceptors (Lipinski definition) is 6. The Labute approximate surface area is 201 Å². The molecule has 1 aliphatic rings. The van der Waals surface area contributed by atoms with Gasteiger partial charge in [0.2, 0.25) is 5.91 Å². The molecule has 0 aliphatic heterocycles. The topological polar surface area (TPSA) is 74.6 Å². The number of aromatic hydroxyl groups is 1. The standard InChI is InChI=1S/C26H25N3O2S2/c30-23-13-10-17-6-4-5-9-20(17)21(23)15-27-19-11-12-22-24(14-19)33-26(29-22)32-16-25(31)28-18-7-2-1-3-8-18/h4-6,9-15,18,30H,1-3,7-8,16H2,(H,28,31). The number of fused-ring (bicyclic) bond motifs is 2. The normalized spacial score (nSPS) is 14.9. The Morgan fingerprint density at radius 2 is 2.00 bits per heavy atom. The number of amides is 1. The van der Waals surface area contributed by atoms with Crippen molar-refractivity contribution < 1.29 is 9.90 Å². The number of thiazole rings is 1. The number of carbonyl (C=O) groups excluding carboxylic acids is 1. The third-order valence-corrected chi connectivity index (χ3v) is 8.10. The highest BCUT2D eigenvalue weighted by Crippen LogP contribution is 2.32. The zero-order valence-electron chi connectivity index (χ0n) is 18.2. The van der Waals surface area contributed by atoms with Crippen LogP contribution in [0.5, 0.6) is 5.75 Å². The summed E-state index contributed by atoms with van der Waals surface area (Å²) in [5.41, 5.74) is 2.41. The number of rotatable bonds is 6. The van der Waals surface area contributed by atoms with E-state index in [9.17, 15) is 9.90 Å². The number of phenols is 1. The summed E-state index contributed by atoms with van der Waals surface area (Å²) < 4.78 is 1.92. The SMILES string of the molecule is O=C(CSc1nc2ccc(N=Cc3c(O)ccc4ccccc34)cc2s1)NC1CCCCC1. The van der Waals surface area contributed by atoms with Gasteiger partial charge < -0.3 is 10.4 Å². The van der Waals surface area contributed by atoms with E-state index in [1.165, 1.54) is 31.0 Å². The Bertz CT molecular complexity index is 1330. The zero-order valence-corrected chi connectivity index (χ0v) is 19.8. The van der Waals surface area contributed by atoms with Crippen LogP contribution in [0.15, 0.2) is 63.9 Å². The first-order valence-electron chi connectivity index (χ1n) is 11.2. The zero-order chi connectivity index (χ0) is 22.6. The molecule has 2 N–H and O–H groups in total. The molecule has 5 nitrogen and oxygen atoms in total. The van der Waals surface area contributed by atoms with Gasteiger partial charge in [-0.2, -0.15) is 0 Å². The van der Waals surface area contributed by atoms with Gasteiger partial charge in [-0.1, -0.05) is 61.4 Å². The van der Waals surface area contributed by atoms with Crippen molar-refractivity contribution in [2.24, 2.45) is 4.99 Å². The number of nitrogens with one attached hydrogen (secondary N) is 1. The van der Waals surface area contributed by atoms with Crippen LogP contribution in [0.3, 0.4) is 0 Å². The molecule has 1 amide bonds. The van der Waals surface area contributed by atoms with Crippen LogP contribution in [0.4, 0.5) is 5.69 Å². The van der Waals surface area contributed by atoms with Gasteiger partial charge in [0, 0.05) is 17.8 Å². The minimum Gasteiger partial charge on any atom is -0.507 e. The average Bonchev–Trinajstić information content (AvgIpc) is 3.25. The summed E-state index contributed by atoms with van der Waals surface area (Å²) in [5, 5.41) is 15.5. The van der Waals surface area contributed by atoms with Gasteiger partial charge in [-0.05, 0) is 47.9 Å². The molecular formula is C26H25N3O2S2. The average molecular weight is 476 g/mol. The second kappa shape index (κ2) is 9.93. The number of phenolic OH excluding ortho intramolecular Hbond substituents is 1. The van der Waals surface area contributed by atoms with Crippen molar-refractivity contribution in [2.45, 2.75) is 42.5 Å². The smallest absolute Gasteiger partial charge is 0.230 e. The number of aromatic nitrogens is 1. The Hall–Kier alpha value is -2.90. The second-order valence-corrected chi connectivity index (χ2v) is 10.6. The minimum absolute atomic E-state index is 0.0892. The number of benzene rings is 3. The Kier molecular flexibility index (Phi) is 6.60. The number of hydrogen-bond donors (Lipinski definition) is 2. The first-order valence-corrected chi connectivity index (χ1v) is 13.0. The monoisotopic (exact) mass is 475 g/mol. The van der Waals surface area contributed by atoms with Gasteiger partial charge in [0.05, 0.1) is 21.7 Å². The lowest BCUT2D eigenvalue weighted by Gasteiger charge is -2.22. The van der Waals surface area contributed by atoms with E-state index < -0.39 is 0 Å². The first-order chi connectivity index (χ1) is 16.2. The quantitative estimate of drug-likeness (QED) is 0.248. The van der Waals surface area contributed by atoms with Crippen LogP contribution in [0.25, 0.3) is 21.0 Å². The van der Waals surface area contributed by atoms with Crippen LogP contribution in [-0.2, 0) is 4.79 Å². The van der Waals surface area contributed by atoms with Gasteiger partial charge in [-0.25, -0.2) is 4.98 Å². The molecule has 1 fully saturated rings. The number of carbonyl (C=O) groups is 1. The molecule has 0 saturated heterocycles. The molecule has 5 rings (SSSR count). The predicted octanol–water partition coefficient (Wildman–Crippen LogP) is 6.45. The fourth-order valence-electron chi connectivity index (χ4n) is 4.24. The molecule has 1 aliphatic carbocycles. The van der Waals surface area contributed by atoms with Gasteiger partial charge >= 0.3 is 0 Å². The van der Waals surface area contributed by atoms with E-state index in [0.717, 1.165) is 43.9 Å². The summed E-state index contributed by atoms with van der Waals surface area (Å²) in [7, 11) is 0. The van der Waals surface area contributed by atoms with Crippen LogP contribution in [0, 0.1) is 0 Å². The van der Waals surface area contributed by atoms with Crippen molar-refractivity contribution in [3.05, 3.63) is 60.2 Å². The van der Waals surface area contributed by atoms with Crippen molar-refractivity contribution in [1.82, 2.24) is 10.3 Å². The van der Waals surface area contributed by atoms with E-state index in [0.29, 0.717) is 17.4 Å². The molecule has 0 unspecified atom stereocenters. The van der Waals surface area contributed by atoms with E-state index >= 15 is 0 Å². The molecule has 33 heavy (non-hydrogen) atoms. The van der Waals surface area contributed by atoms with E-state index in [1.807, 2.05) is 48.5 Å². The lowest BCUT2D eigenvalue weighted by atomic mass is 9.95. The maximum Gasteiger partial charge on any atom is 0.230 e. The molecule has 1 heterocycles. The summed E-state index contributed by atoms with van der Waals surface area (Å²) in [6, 6.07) is 17.7. The third-order valence-electron chi connectivity index (χ3n) is 5.94. The number of nitrogens with zero attached hydrogens (tertiary/aromatic N) is 2. The van der Waals surface area contributed by atoms with E-state index in [2.05, 4.69) is 15.3 Å². The Morgan fingerprint density at radius 3 is 2.88 bits per heavy atom. The highest BCUT2D eigenvalue weighted by Gasteiger charge is 2.16. The molecule has 168 valence electrons. The summed E-state index contributed by atoms with van der Waals surface area (Å²) >= 11 is 3.06. The van der Waals surface area contributed by atoms with Crippen molar-refractivity contribution >= 4 is 61.9 Å². The lowest BCUT2D eigenvalue weighted by molar-refractivity contribution is -0.119. The first kappa shape index (κ1) is 21.9. The van der Waals surface area contributed by atoms with Gasteiger partial charge in [0.1, 0.15) is 5.75 Å².